The minimum Gasteiger partial charge on any atom is -0.378 e. The number of hydrogen-bond donors (Lipinski definition) is 2. The van der Waals surface area contributed by atoms with Gasteiger partial charge in [-0.15, -0.1) is 0 Å². The summed E-state index contributed by atoms with van der Waals surface area (Å²) in [5.41, 5.74) is 5.22. The molecule has 0 radical (unpaired) electrons. The van der Waals surface area contributed by atoms with Crippen molar-refractivity contribution in [1.82, 2.24) is 9.62 Å². The van der Waals surface area contributed by atoms with Gasteiger partial charge in [-0.3, -0.25) is 9.59 Å². The molecule has 0 saturated carbocycles. The topological polar surface area (TPSA) is 119 Å². The molecule has 2 aromatic rings. The highest BCUT2D eigenvalue weighted by Crippen LogP contribution is 2.19. The van der Waals surface area contributed by atoms with Crippen molar-refractivity contribution in [1.29, 1.82) is 0 Å². The van der Waals surface area contributed by atoms with Crippen LogP contribution in [0.1, 0.15) is 6.42 Å². The number of nitrogens with two attached hydrogens (primary N) is 1. The second-order valence-electron chi connectivity index (χ2n) is 6.29. The molecule has 0 spiro atoms. The van der Waals surface area contributed by atoms with Gasteiger partial charge in [0, 0.05) is 13.1 Å². The summed E-state index contributed by atoms with van der Waals surface area (Å²) >= 11 is 0. The van der Waals surface area contributed by atoms with Gasteiger partial charge in [0.25, 0.3) is 0 Å². The van der Waals surface area contributed by atoms with Gasteiger partial charge in [-0.05, 0) is 22.9 Å². The second-order valence-corrected chi connectivity index (χ2v) is 8.00. The quantitative estimate of drug-likeness (QED) is 0.730. The van der Waals surface area contributed by atoms with Crippen molar-refractivity contribution in [2.45, 2.75) is 17.4 Å². The molecule has 1 unspecified atom stereocenters. The molecule has 1 fully saturated rings. The zero-order valence-electron chi connectivity index (χ0n) is 14.6. The number of amides is 2. The van der Waals surface area contributed by atoms with Gasteiger partial charge < -0.3 is 15.4 Å². The van der Waals surface area contributed by atoms with Crippen molar-refractivity contribution in [2.24, 2.45) is 5.73 Å². The third-order valence-corrected chi connectivity index (χ3v) is 5.82. The molecule has 1 heterocycles. The zero-order chi connectivity index (χ0) is 19.4. The van der Waals surface area contributed by atoms with E-state index in [9.17, 15) is 18.0 Å². The number of sulfonamides is 1. The highest BCUT2D eigenvalue weighted by molar-refractivity contribution is 7.89. The van der Waals surface area contributed by atoms with Crippen LogP contribution in [-0.2, 0) is 24.3 Å². The number of morpholine rings is 1. The van der Waals surface area contributed by atoms with Crippen LogP contribution in [-0.4, -0.2) is 57.5 Å². The molecule has 3 N–H and O–H groups in total. The molecular weight excluding hydrogens is 370 g/mol. The van der Waals surface area contributed by atoms with Gasteiger partial charge in [0.05, 0.1) is 24.5 Å². The van der Waals surface area contributed by atoms with Gasteiger partial charge in [-0.25, -0.2) is 8.42 Å². The number of hydrogen-bond acceptors (Lipinski definition) is 5. The summed E-state index contributed by atoms with van der Waals surface area (Å²) in [5.74, 6) is -1.25. The number of primary amides is 1. The smallest absolute Gasteiger partial charge is 0.241 e. The fourth-order valence-corrected chi connectivity index (χ4v) is 4.20. The van der Waals surface area contributed by atoms with Crippen LogP contribution in [0.4, 0.5) is 0 Å². The van der Waals surface area contributed by atoms with Gasteiger partial charge in [-0.2, -0.15) is 4.72 Å². The Morgan fingerprint density at radius 2 is 1.78 bits per heavy atom. The van der Waals surface area contributed by atoms with Crippen LogP contribution in [0.25, 0.3) is 10.8 Å². The Kier molecular flexibility index (Phi) is 5.73. The molecule has 2 aromatic carbocycles. The monoisotopic (exact) mass is 391 g/mol. The molecule has 0 aromatic heterocycles. The number of nitrogens with zero attached hydrogens (tertiary/aromatic N) is 1. The Hall–Kier alpha value is -2.49. The summed E-state index contributed by atoms with van der Waals surface area (Å²) < 4.78 is 33.1. The van der Waals surface area contributed by atoms with Crippen LogP contribution in [0.5, 0.6) is 0 Å². The van der Waals surface area contributed by atoms with Crippen molar-refractivity contribution in [3.8, 4) is 0 Å². The predicted octanol–water partition coefficient (Wildman–Crippen LogP) is 0.221. The van der Waals surface area contributed by atoms with Gasteiger partial charge in [0.15, 0.2) is 0 Å². The van der Waals surface area contributed by atoms with Crippen LogP contribution in [0.2, 0.25) is 0 Å². The summed E-state index contributed by atoms with van der Waals surface area (Å²) in [6, 6.07) is 10.8. The lowest BCUT2D eigenvalue weighted by atomic mass is 10.1. The number of ether oxygens (including phenoxy) is 1. The first-order valence-electron chi connectivity index (χ1n) is 8.53. The molecule has 27 heavy (non-hydrogen) atoms. The largest absolute Gasteiger partial charge is 0.378 e. The first-order valence-corrected chi connectivity index (χ1v) is 10.0. The molecular formula is C18H21N3O5S. The first-order chi connectivity index (χ1) is 12.9. The van der Waals surface area contributed by atoms with Crippen molar-refractivity contribution in [3.05, 3.63) is 42.5 Å². The van der Waals surface area contributed by atoms with E-state index in [1.807, 2.05) is 18.2 Å². The number of benzene rings is 2. The summed E-state index contributed by atoms with van der Waals surface area (Å²) in [5, 5.41) is 1.65. The van der Waals surface area contributed by atoms with Crippen LogP contribution in [0.15, 0.2) is 47.4 Å². The number of fused-ring (bicyclic) bond motifs is 1. The minimum absolute atomic E-state index is 0.0189. The minimum atomic E-state index is -4.02. The average molecular weight is 391 g/mol. The Morgan fingerprint density at radius 3 is 2.44 bits per heavy atom. The van der Waals surface area contributed by atoms with Gasteiger partial charge in [0.1, 0.15) is 6.04 Å². The number of carbonyl (C=O) groups excluding carboxylic acids is 2. The Bertz CT molecular complexity index is 954. The third kappa shape index (κ3) is 4.62. The number of carbonyl (C=O) groups is 2. The van der Waals surface area contributed by atoms with Gasteiger partial charge in [-0.1, -0.05) is 30.3 Å². The molecule has 3 rings (SSSR count). The summed E-state index contributed by atoms with van der Waals surface area (Å²) in [7, 11) is -4.02. The normalized spacial score (nSPS) is 16.2. The van der Waals surface area contributed by atoms with Crippen LogP contribution in [0, 0.1) is 0 Å². The maximum atomic E-state index is 12.8. The second kappa shape index (κ2) is 8.03. The third-order valence-electron chi connectivity index (χ3n) is 4.35. The Labute approximate surface area is 157 Å². The molecule has 8 nitrogen and oxygen atoms in total. The lowest BCUT2D eigenvalue weighted by Crippen LogP contribution is -2.52. The fourth-order valence-electron chi connectivity index (χ4n) is 2.97. The molecule has 2 amide bonds. The van der Waals surface area contributed by atoms with Crippen molar-refractivity contribution < 1.29 is 22.7 Å². The average Bonchev–Trinajstić information content (AvgIpc) is 2.66. The molecule has 144 valence electrons. The summed E-state index contributed by atoms with van der Waals surface area (Å²) in [4.78, 5) is 25.6. The predicted molar refractivity (Wildman–Crippen MR) is 99.3 cm³/mol. The highest BCUT2D eigenvalue weighted by Gasteiger charge is 2.31. The van der Waals surface area contributed by atoms with Gasteiger partial charge in [0.2, 0.25) is 21.8 Å². The van der Waals surface area contributed by atoms with E-state index < -0.39 is 34.3 Å². The van der Waals surface area contributed by atoms with E-state index in [0.717, 1.165) is 10.8 Å². The van der Waals surface area contributed by atoms with Crippen LogP contribution < -0.4 is 10.5 Å². The van der Waals surface area contributed by atoms with E-state index in [4.69, 9.17) is 10.5 Å². The lowest BCUT2D eigenvalue weighted by molar-refractivity contribution is -0.138. The summed E-state index contributed by atoms with van der Waals surface area (Å²) in [6.07, 6.45) is -0.414. The Morgan fingerprint density at radius 1 is 1.11 bits per heavy atom. The van der Waals surface area contributed by atoms with Crippen molar-refractivity contribution in [2.75, 3.05) is 26.3 Å². The fraction of sp³-hybridized carbons (Fsp3) is 0.333. The zero-order valence-corrected chi connectivity index (χ0v) is 15.4. The maximum absolute atomic E-state index is 12.8. The SMILES string of the molecule is NC(=O)CC(NS(=O)(=O)c1ccc2ccccc2c1)C(=O)N1CCOCC1. The molecule has 1 aliphatic rings. The summed E-state index contributed by atoms with van der Waals surface area (Å²) in [6.45, 7) is 1.41. The molecule has 1 saturated heterocycles. The van der Waals surface area contributed by atoms with E-state index >= 15 is 0 Å². The van der Waals surface area contributed by atoms with E-state index in [-0.39, 0.29) is 4.90 Å². The molecule has 9 heteroatoms. The number of nitrogens with one attached hydrogen (secondary N) is 1. The molecule has 0 aliphatic carbocycles. The van der Waals surface area contributed by atoms with Crippen molar-refractivity contribution >= 4 is 32.6 Å². The standard InChI is InChI=1S/C18H21N3O5S/c19-17(22)12-16(18(23)21-7-9-26-10-8-21)20-27(24,25)15-6-5-13-3-1-2-4-14(13)11-15/h1-6,11,16,20H,7-10,12H2,(H2,19,22). The van der Waals surface area contributed by atoms with Gasteiger partial charge >= 0.3 is 0 Å². The van der Waals surface area contributed by atoms with Crippen LogP contribution in [0.3, 0.4) is 0 Å². The molecule has 1 aliphatic heterocycles. The molecule has 1 atom stereocenters. The Balaban J connectivity index is 1.85. The van der Waals surface area contributed by atoms with E-state index in [1.54, 1.807) is 12.1 Å². The molecule has 0 bridgehead atoms. The number of rotatable bonds is 6. The van der Waals surface area contributed by atoms with E-state index in [1.165, 1.54) is 17.0 Å². The van der Waals surface area contributed by atoms with E-state index in [2.05, 4.69) is 4.72 Å². The van der Waals surface area contributed by atoms with Crippen LogP contribution >= 0.6 is 0 Å². The van der Waals surface area contributed by atoms with Crippen molar-refractivity contribution in [3.63, 3.8) is 0 Å². The highest BCUT2D eigenvalue weighted by atomic mass is 32.2. The first kappa shape index (κ1) is 19.3. The lowest BCUT2D eigenvalue weighted by Gasteiger charge is -2.30. The maximum Gasteiger partial charge on any atom is 0.241 e. The van der Waals surface area contributed by atoms with E-state index in [0.29, 0.717) is 26.3 Å².